The van der Waals surface area contributed by atoms with Crippen LogP contribution in [0.1, 0.15) is 47.4 Å². The number of methoxy groups -OCH3 is 1. The molecular weight excluding hydrogens is 394 g/mol. The SMILES string of the molecule is CCCN(CCC)C(=O)c1cc(NC(=O)c2cc(Cl)ccc2OC)c(=O)n(C)c1. The molecule has 0 saturated carbocycles. The third-order valence-electron chi connectivity index (χ3n) is 4.36. The summed E-state index contributed by atoms with van der Waals surface area (Å²) >= 11 is 5.99. The fourth-order valence-electron chi connectivity index (χ4n) is 3.00. The van der Waals surface area contributed by atoms with Crippen molar-refractivity contribution in [1.82, 2.24) is 9.47 Å². The Morgan fingerprint density at radius 3 is 2.41 bits per heavy atom. The quantitative estimate of drug-likeness (QED) is 0.709. The van der Waals surface area contributed by atoms with Gasteiger partial charge in [0.05, 0.1) is 18.2 Å². The molecule has 29 heavy (non-hydrogen) atoms. The zero-order chi connectivity index (χ0) is 21.6. The van der Waals surface area contributed by atoms with Crippen LogP contribution in [0.15, 0.2) is 35.3 Å². The standard InChI is InChI=1S/C21H26ClN3O4/c1-5-9-25(10-6-2)20(27)14-11-17(21(28)24(3)13-14)23-19(26)16-12-15(22)7-8-18(16)29-4/h7-8,11-13H,5-6,9-10H2,1-4H3,(H,23,26). The number of hydrogen-bond donors (Lipinski definition) is 1. The normalized spacial score (nSPS) is 10.5. The molecule has 0 fully saturated rings. The minimum Gasteiger partial charge on any atom is -0.496 e. The third-order valence-corrected chi connectivity index (χ3v) is 4.59. The molecule has 0 unspecified atom stereocenters. The van der Waals surface area contributed by atoms with Gasteiger partial charge in [0.2, 0.25) is 0 Å². The lowest BCUT2D eigenvalue weighted by atomic mass is 10.1. The van der Waals surface area contributed by atoms with Gasteiger partial charge in [-0.15, -0.1) is 0 Å². The number of hydrogen-bond acceptors (Lipinski definition) is 4. The number of nitrogens with one attached hydrogen (secondary N) is 1. The minimum absolute atomic E-state index is 0.0123. The number of amides is 2. The lowest BCUT2D eigenvalue weighted by Gasteiger charge is -2.22. The molecule has 1 aromatic heterocycles. The monoisotopic (exact) mass is 419 g/mol. The van der Waals surface area contributed by atoms with Gasteiger partial charge < -0.3 is 19.5 Å². The van der Waals surface area contributed by atoms with E-state index in [2.05, 4.69) is 5.32 Å². The van der Waals surface area contributed by atoms with Crippen molar-refractivity contribution in [3.8, 4) is 5.75 Å². The highest BCUT2D eigenvalue weighted by atomic mass is 35.5. The van der Waals surface area contributed by atoms with Gasteiger partial charge in [0, 0.05) is 31.4 Å². The van der Waals surface area contributed by atoms with Crippen molar-refractivity contribution in [3.05, 3.63) is 57.0 Å². The van der Waals surface area contributed by atoms with Crippen LogP contribution in [0.25, 0.3) is 0 Å². The van der Waals surface area contributed by atoms with Gasteiger partial charge in [-0.05, 0) is 37.1 Å². The lowest BCUT2D eigenvalue weighted by Crippen LogP contribution is -2.34. The molecule has 1 N–H and O–H groups in total. The summed E-state index contributed by atoms with van der Waals surface area (Å²) in [5.74, 6) is -0.404. The predicted octanol–water partition coefficient (Wildman–Crippen LogP) is 3.56. The topological polar surface area (TPSA) is 80.6 Å². The van der Waals surface area contributed by atoms with Crippen LogP contribution in [-0.2, 0) is 7.05 Å². The van der Waals surface area contributed by atoms with E-state index in [4.69, 9.17) is 16.3 Å². The highest BCUT2D eigenvalue weighted by Gasteiger charge is 2.19. The van der Waals surface area contributed by atoms with E-state index in [-0.39, 0.29) is 17.2 Å². The van der Waals surface area contributed by atoms with Crippen LogP contribution in [0.3, 0.4) is 0 Å². The molecule has 0 aliphatic carbocycles. The number of aromatic nitrogens is 1. The fourth-order valence-corrected chi connectivity index (χ4v) is 3.17. The number of anilines is 1. The van der Waals surface area contributed by atoms with Gasteiger partial charge in [-0.25, -0.2) is 0 Å². The van der Waals surface area contributed by atoms with E-state index in [1.807, 2.05) is 13.8 Å². The molecule has 2 amide bonds. The molecule has 0 saturated heterocycles. The number of halogens is 1. The number of carbonyl (C=O) groups is 2. The van der Waals surface area contributed by atoms with Crippen LogP contribution in [-0.4, -0.2) is 41.5 Å². The van der Waals surface area contributed by atoms with Crippen molar-refractivity contribution in [1.29, 1.82) is 0 Å². The number of aryl methyl sites for hydroxylation is 1. The molecule has 0 aliphatic heterocycles. The predicted molar refractivity (Wildman–Crippen MR) is 114 cm³/mol. The first-order valence-electron chi connectivity index (χ1n) is 9.47. The second-order valence-corrected chi connectivity index (χ2v) is 7.09. The van der Waals surface area contributed by atoms with E-state index in [0.717, 1.165) is 12.8 Å². The van der Waals surface area contributed by atoms with E-state index >= 15 is 0 Å². The van der Waals surface area contributed by atoms with Gasteiger partial charge >= 0.3 is 0 Å². The minimum atomic E-state index is -0.551. The van der Waals surface area contributed by atoms with Crippen molar-refractivity contribution in [3.63, 3.8) is 0 Å². The third kappa shape index (κ3) is 5.38. The molecule has 0 atom stereocenters. The van der Waals surface area contributed by atoms with Crippen LogP contribution < -0.4 is 15.6 Å². The maximum atomic E-state index is 12.9. The van der Waals surface area contributed by atoms with Crippen LogP contribution in [0, 0.1) is 0 Å². The van der Waals surface area contributed by atoms with Crippen LogP contribution in [0.4, 0.5) is 5.69 Å². The molecule has 0 radical (unpaired) electrons. The van der Waals surface area contributed by atoms with Crippen molar-refractivity contribution in [2.45, 2.75) is 26.7 Å². The summed E-state index contributed by atoms with van der Waals surface area (Å²) in [5, 5.41) is 2.95. The molecule has 0 spiro atoms. The molecule has 1 aromatic carbocycles. The first kappa shape index (κ1) is 22.5. The Morgan fingerprint density at radius 1 is 1.17 bits per heavy atom. The summed E-state index contributed by atoms with van der Waals surface area (Å²) < 4.78 is 6.48. The van der Waals surface area contributed by atoms with Crippen LogP contribution in [0.5, 0.6) is 5.75 Å². The molecule has 0 bridgehead atoms. The van der Waals surface area contributed by atoms with Crippen molar-refractivity contribution in [2.75, 3.05) is 25.5 Å². The molecule has 0 aliphatic rings. The summed E-state index contributed by atoms with van der Waals surface area (Å²) in [6.45, 7) is 5.25. The van der Waals surface area contributed by atoms with Crippen molar-refractivity contribution >= 4 is 29.1 Å². The average Bonchev–Trinajstić information content (AvgIpc) is 2.70. The molecule has 2 rings (SSSR count). The zero-order valence-corrected chi connectivity index (χ0v) is 17.9. The maximum Gasteiger partial charge on any atom is 0.274 e. The second-order valence-electron chi connectivity index (χ2n) is 6.65. The Morgan fingerprint density at radius 2 is 1.83 bits per heavy atom. The smallest absolute Gasteiger partial charge is 0.274 e. The fraction of sp³-hybridized carbons (Fsp3) is 0.381. The van der Waals surface area contributed by atoms with E-state index in [1.54, 1.807) is 24.1 Å². The summed E-state index contributed by atoms with van der Waals surface area (Å²) in [7, 11) is 2.98. The number of benzene rings is 1. The highest BCUT2D eigenvalue weighted by molar-refractivity contribution is 6.31. The Kier molecular flexibility index (Phi) is 7.84. The van der Waals surface area contributed by atoms with E-state index in [0.29, 0.717) is 29.4 Å². The summed E-state index contributed by atoms with van der Waals surface area (Å²) in [5.41, 5.74) is 0.117. The first-order chi connectivity index (χ1) is 13.8. The Balaban J connectivity index is 2.39. The van der Waals surface area contributed by atoms with E-state index < -0.39 is 11.5 Å². The molecule has 2 aromatic rings. The largest absolute Gasteiger partial charge is 0.496 e. The number of ether oxygens (including phenoxy) is 1. The Bertz CT molecular complexity index is 949. The molecule has 1 heterocycles. The van der Waals surface area contributed by atoms with E-state index in [9.17, 15) is 14.4 Å². The Labute approximate surface area is 175 Å². The van der Waals surface area contributed by atoms with Gasteiger partial charge in [-0.1, -0.05) is 25.4 Å². The van der Waals surface area contributed by atoms with Crippen LogP contribution >= 0.6 is 11.6 Å². The number of rotatable bonds is 8. The summed E-state index contributed by atoms with van der Waals surface area (Å²) in [6, 6.07) is 6.05. The average molecular weight is 420 g/mol. The van der Waals surface area contributed by atoms with E-state index in [1.165, 1.54) is 30.0 Å². The van der Waals surface area contributed by atoms with Gasteiger partial charge in [-0.2, -0.15) is 0 Å². The van der Waals surface area contributed by atoms with Crippen molar-refractivity contribution in [2.24, 2.45) is 7.05 Å². The summed E-state index contributed by atoms with van der Waals surface area (Å²) in [6.07, 6.45) is 3.14. The number of pyridine rings is 1. The summed E-state index contributed by atoms with van der Waals surface area (Å²) in [4.78, 5) is 39.9. The molecule has 7 nitrogen and oxygen atoms in total. The maximum absolute atomic E-state index is 12.9. The highest BCUT2D eigenvalue weighted by Crippen LogP contribution is 2.23. The van der Waals surface area contributed by atoms with Gasteiger partial charge in [-0.3, -0.25) is 14.4 Å². The zero-order valence-electron chi connectivity index (χ0n) is 17.1. The molecular formula is C21H26ClN3O4. The molecule has 8 heteroatoms. The Hall–Kier alpha value is -2.80. The number of carbonyl (C=O) groups excluding carboxylic acids is 2. The van der Waals surface area contributed by atoms with Gasteiger partial charge in [0.1, 0.15) is 11.4 Å². The van der Waals surface area contributed by atoms with Crippen LogP contribution in [0.2, 0.25) is 5.02 Å². The van der Waals surface area contributed by atoms with Gasteiger partial charge in [0.25, 0.3) is 17.4 Å². The first-order valence-corrected chi connectivity index (χ1v) is 9.85. The number of nitrogens with zero attached hydrogens (tertiary/aromatic N) is 2. The molecule has 156 valence electrons. The second kappa shape index (κ2) is 10.1. The lowest BCUT2D eigenvalue weighted by molar-refractivity contribution is 0.0754. The van der Waals surface area contributed by atoms with Crippen molar-refractivity contribution < 1.29 is 14.3 Å². The van der Waals surface area contributed by atoms with Gasteiger partial charge in [0.15, 0.2) is 0 Å².